The number of hydrogen-bond donors (Lipinski definition) is 1. The number of carbonyl (C=O) groups is 1. The van der Waals surface area contributed by atoms with Gasteiger partial charge in [0, 0.05) is 37.3 Å². The second-order valence-corrected chi connectivity index (χ2v) is 4.54. The highest BCUT2D eigenvalue weighted by Gasteiger charge is 2.31. The zero-order valence-corrected chi connectivity index (χ0v) is 10.2. The largest absolute Gasteiger partial charge is 0.444 e. The van der Waals surface area contributed by atoms with Gasteiger partial charge in [-0.2, -0.15) is 0 Å². The van der Waals surface area contributed by atoms with Crippen molar-refractivity contribution in [3.8, 4) is 0 Å². The lowest BCUT2D eigenvalue weighted by atomic mass is 10.2. The molecule has 0 aliphatic carbocycles. The highest BCUT2D eigenvalue weighted by atomic mass is 16.6. The molecule has 0 bridgehead atoms. The van der Waals surface area contributed by atoms with Crippen molar-refractivity contribution in [2.75, 3.05) is 13.1 Å². The fraction of sp³-hybridized carbons (Fsp3) is 0.357. The molecule has 2 aliphatic rings. The van der Waals surface area contributed by atoms with E-state index in [-0.39, 0.29) is 6.09 Å². The summed E-state index contributed by atoms with van der Waals surface area (Å²) in [4.78, 5) is 13.8. The molecule has 0 saturated carbocycles. The van der Waals surface area contributed by atoms with Crippen LogP contribution in [0.15, 0.2) is 41.7 Å². The molecule has 0 spiro atoms. The van der Waals surface area contributed by atoms with Gasteiger partial charge in [0.2, 0.25) is 0 Å². The highest BCUT2D eigenvalue weighted by molar-refractivity contribution is 5.71. The first-order chi connectivity index (χ1) is 8.84. The smallest absolute Gasteiger partial charge is 0.414 e. The van der Waals surface area contributed by atoms with Crippen LogP contribution >= 0.6 is 0 Å². The van der Waals surface area contributed by atoms with Crippen LogP contribution in [0.25, 0.3) is 0 Å². The predicted molar refractivity (Wildman–Crippen MR) is 67.6 cm³/mol. The van der Waals surface area contributed by atoms with Crippen LogP contribution in [0.3, 0.4) is 0 Å². The van der Waals surface area contributed by atoms with Gasteiger partial charge in [-0.05, 0) is 5.56 Å². The summed E-state index contributed by atoms with van der Waals surface area (Å²) in [6, 6.07) is 9.76. The monoisotopic (exact) mass is 244 g/mol. The predicted octanol–water partition coefficient (Wildman–Crippen LogP) is 2.23. The zero-order chi connectivity index (χ0) is 12.4. The Morgan fingerprint density at radius 2 is 2.11 bits per heavy atom. The van der Waals surface area contributed by atoms with E-state index in [9.17, 15) is 4.79 Å². The van der Waals surface area contributed by atoms with Gasteiger partial charge in [-0.1, -0.05) is 30.3 Å². The minimum atomic E-state index is -0.229. The van der Waals surface area contributed by atoms with Crippen molar-refractivity contribution in [2.24, 2.45) is 0 Å². The third-order valence-electron chi connectivity index (χ3n) is 3.39. The lowest BCUT2D eigenvalue weighted by Crippen LogP contribution is -2.28. The average molecular weight is 244 g/mol. The van der Waals surface area contributed by atoms with Crippen molar-refractivity contribution in [3.63, 3.8) is 0 Å². The summed E-state index contributed by atoms with van der Waals surface area (Å²) in [5.74, 6) is 0. The molecule has 4 nitrogen and oxygen atoms in total. The van der Waals surface area contributed by atoms with Gasteiger partial charge >= 0.3 is 6.09 Å². The molecule has 0 atom stereocenters. The lowest BCUT2D eigenvalue weighted by Gasteiger charge is -2.18. The molecule has 0 unspecified atom stereocenters. The van der Waals surface area contributed by atoms with Gasteiger partial charge in [-0.15, -0.1) is 0 Å². The van der Waals surface area contributed by atoms with Crippen LogP contribution in [0.4, 0.5) is 4.79 Å². The van der Waals surface area contributed by atoms with E-state index in [1.165, 1.54) is 5.70 Å². The Balaban J connectivity index is 1.59. The third kappa shape index (κ3) is 2.06. The number of ether oxygens (including phenoxy) is 1. The third-order valence-corrected chi connectivity index (χ3v) is 3.39. The molecular formula is C14H16N2O2. The molecule has 3 rings (SSSR count). The van der Waals surface area contributed by atoms with Crippen LogP contribution < -0.4 is 5.32 Å². The standard InChI is InChI=1S/C14H16N2O2/c17-14(18-10-11-4-2-1-3-5-11)16-9-7-12-13(16)6-8-15-12/h1-5,15H,6-10H2. The molecule has 0 aromatic heterocycles. The molecule has 1 aromatic carbocycles. The van der Waals surface area contributed by atoms with Crippen molar-refractivity contribution >= 4 is 6.09 Å². The number of benzene rings is 1. The van der Waals surface area contributed by atoms with Crippen molar-refractivity contribution < 1.29 is 9.53 Å². The molecular weight excluding hydrogens is 228 g/mol. The number of carbonyl (C=O) groups excluding carboxylic acids is 1. The number of nitrogens with zero attached hydrogens (tertiary/aromatic N) is 1. The highest BCUT2D eigenvalue weighted by Crippen LogP contribution is 2.28. The summed E-state index contributed by atoms with van der Waals surface area (Å²) in [7, 11) is 0. The summed E-state index contributed by atoms with van der Waals surface area (Å²) < 4.78 is 5.35. The van der Waals surface area contributed by atoms with Crippen LogP contribution in [0.5, 0.6) is 0 Å². The maximum atomic E-state index is 12.0. The van der Waals surface area contributed by atoms with Crippen molar-refractivity contribution in [1.82, 2.24) is 10.2 Å². The van der Waals surface area contributed by atoms with Gasteiger partial charge < -0.3 is 10.1 Å². The van der Waals surface area contributed by atoms with Gasteiger partial charge in [0.25, 0.3) is 0 Å². The van der Waals surface area contributed by atoms with Crippen LogP contribution in [0.1, 0.15) is 18.4 Å². The summed E-state index contributed by atoms with van der Waals surface area (Å²) >= 11 is 0. The Morgan fingerprint density at radius 1 is 1.28 bits per heavy atom. The molecule has 18 heavy (non-hydrogen) atoms. The van der Waals surface area contributed by atoms with Gasteiger partial charge in [-0.25, -0.2) is 4.79 Å². The zero-order valence-electron chi connectivity index (χ0n) is 10.2. The molecule has 2 aliphatic heterocycles. The van der Waals surface area contributed by atoms with E-state index in [0.29, 0.717) is 6.61 Å². The Hall–Kier alpha value is -1.97. The maximum absolute atomic E-state index is 12.0. The first-order valence-corrected chi connectivity index (χ1v) is 6.29. The van der Waals surface area contributed by atoms with Crippen LogP contribution in [0.2, 0.25) is 0 Å². The van der Waals surface area contributed by atoms with E-state index in [2.05, 4.69) is 5.32 Å². The van der Waals surface area contributed by atoms with E-state index in [0.717, 1.165) is 37.2 Å². The molecule has 4 heteroatoms. The Kier molecular flexibility index (Phi) is 2.92. The fourth-order valence-corrected chi connectivity index (χ4v) is 2.47. The molecule has 0 saturated heterocycles. The summed E-state index contributed by atoms with van der Waals surface area (Å²) in [5.41, 5.74) is 3.35. The number of amides is 1. The van der Waals surface area contributed by atoms with E-state index in [1.807, 2.05) is 30.3 Å². The van der Waals surface area contributed by atoms with Crippen molar-refractivity contribution in [3.05, 3.63) is 47.3 Å². The van der Waals surface area contributed by atoms with Crippen LogP contribution in [-0.4, -0.2) is 24.1 Å². The quantitative estimate of drug-likeness (QED) is 0.867. The molecule has 1 N–H and O–H groups in total. The maximum Gasteiger partial charge on any atom is 0.414 e. The Morgan fingerprint density at radius 3 is 2.94 bits per heavy atom. The number of hydrogen-bond acceptors (Lipinski definition) is 3. The second-order valence-electron chi connectivity index (χ2n) is 4.54. The van der Waals surface area contributed by atoms with Crippen molar-refractivity contribution in [2.45, 2.75) is 19.4 Å². The molecule has 0 fully saturated rings. The SMILES string of the molecule is O=C(OCc1ccccc1)N1CCC2=C1CCN2. The normalized spacial score (nSPS) is 17.7. The molecule has 0 radical (unpaired) electrons. The van der Waals surface area contributed by atoms with E-state index < -0.39 is 0 Å². The average Bonchev–Trinajstić information content (AvgIpc) is 2.99. The molecule has 1 amide bonds. The van der Waals surface area contributed by atoms with Gasteiger partial charge in [0.15, 0.2) is 0 Å². The van der Waals surface area contributed by atoms with Gasteiger partial charge in [0.1, 0.15) is 6.61 Å². The van der Waals surface area contributed by atoms with Gasteiger partial charge in [-0.3, -0.25) is 4.90 Å². The Labute approximate surface area is 106 Å². The number of nitrogens with one attached hydrogen (secondary N) is 1. The molecule has 1 aromatic rings. The van der Waals surface area contributed by atoms with Crippen LogP contribution in [-0.2, 0) is 11.3 Å². The molecule has 2 heterocycles. The van der Waals surface area contributed by atoms with E-state index >= 15 is 0 Å². The minimum Gasteiger partial charge on any atom is -0.444 e. The van der Waals surface area contributed by atoms with E-state index in [1.54, 1.807) is 4.90 Å². The minimum absolute atomic E-state index is 0.229. The van der Waals surface area contributed by atoms with E-state index in [4.69, 9.17) is 4.74 Å². The van der Waals surface area contributed by atoms with Gasteiger partial charge in [0.05, 0.1) is 0 Å². The van der Waals surface area contributed by atoms with Crippen molar-refractivity contribution in [1.29, 1.82) is 0 Å². The topological polar surface area (TPSA) is 41.6 Å². The summed E-state index contributed by atoms with van der Waals surface area (Å²) in [6.07, 6.45) is 1.62. The summed E-state index contributed by atoms with van der Waals surface area (Å²) in [6.45, 7) is 2.02. The fourth-order valence-electron chi connectivity index (χ4n) is 2.47. The lowest BCUT2D eigenvalue weighted by molar-refractivity contribution is 0.109. The summed E-state index contributed by atoms with van der Waals surface area (Å²) in [5, 5.41) is 3.31. The first-order valence-electron chi connectivity index (χ1n) is 6.29. The Bertz CT molecular complexity index is 482. The second kappa shape index (κ2) is 4.72. The van der Waals surface area contributed by atoms with Crippen LogP contribution in [0, 0.1) is 0 Å². The number of rotatable bonds is 2. The first kappa shape index (κ1) is 11.1. The molecule has 94 valence electrons.